The van der Waals surface area contributed by atoms with Gasteiger partial charge in [-0.3, -0.25) is 0 Å². The van der Waals surface area contributed by atoms with Crippen LogP contribution in [-0.2, 0) is 10.8 Å². The van der Waals surface area contributed by atoms with Crippen LogP contribution in [-0.4, -0.2) is 0 Å². The van der Waals surface area contributed by atoms with E-state index < -0.39 is 0 Å². The summed E-state index contributed by atoms with van der Waals surface area (Å²) in [5.74, 6) is 0. The molecule has 2 heteroatoms. The minimum absolute atomic E-state index is 0.168. The molecule has 0 spiro atoms. The maximum atomic E-state index is 6.87. The molecule has 0 saturated heterocycles. The van der Waals surface area contributed by atoms with Gasteiger partial charge in [-0.25, -0.2) is 0 Å². The van der Waals surface area contributed by atoms with Crippen LogP contribution < -0.4 is 4.90 Å². The zero-order valence-electron chi connectivity index (χ0n) is 37.6. The fraction of sp³-hybridized carbons (Fsp3) is 0.0938. The lowest BCUT2D eigenvalue weighted by atomic mass is 9.82. The number of rotatable bonds is 6. The molecule has 0 saturated carbocycles. The maximum absolute atomic E-state index is 6.87. The van der Waals surface area contributed by atoms with E-state index in [-0.39, 0.29) is 10.8 Å². The highest BCUT2D eigenvalue weighted by molar-refractivity contribution is 6.20. The molecule has 0 amide bonds. The molecule has 1 aromatic heterocycles. The summed E-state index contributed by atoms with van der Waals surface area (Å²) < 4.78 is 6.87. The summed E-state index contributed by atoms with van der Waals surface area (Å²) in [6.45, 7) is 9.49. The standard InChI is InChI=1S/C64H47NO/c1-63(2)55-27-14-12-23-49(55)51-33-31-43(38-57(51)63)65(44-32-34-52-50-24-13-15-28-56(50)64(3,4)58(52)39-44)59-35-29-42(37-54(59)48-22-11-10-20-45(48)40-17-6-5-7-18-40)47-25-16-26-53-61-46-21-9-8-19-41(46)30-36-60(61)66-62(47)53/h5-39H,1-4H3. The molecule has 0 atom stereocenters. The van der Waals surface area contributed by atoms with Crippen molar-refractivity contribution in [1.82, 2.24) is 0 Å². The van der Waals surface area contributed by atoms with Crippen LogP contribution in [0.3, 0.4) is 0 Å². The third-order valence-electron chi connectivity index (χ3n) is 14.9. The summed E-state index contributed by atoms with van der Waals surface area (Å²) in [6, 6.07) is 78.4. The minimum atomic E-state index is -0.168. The molecule has 10 aromatic carbocycles. The van der Waals surface area contributed by atoms with Gasteiger partial charge in [0.2, 0.25) is 0 Å². The Balaban J connectivity index is 1.09. The monoisotopic (exact) mass is 845 g/mol. The van der Waals surface area contributed by atoms with Crippen molar-refractivity contribution >= 4 is 49.8 Å². The first-order valence-electron chi connectivity index (χ1n) is 23.2. The van der Waals surface area contributed by atoms with E-state index in [9.17, 15) is 0 Å². The third-order valence-corrected chi connectivity index (χ3v) is 14.9. The number of hydrogen-bond donors (Lipinski definition) is 0. The van der Waals surface area contributed by atoms with Gasteiger partial charge in [0.05, 0.1) is 5.69 Å². The molecule has 66 heavy (non-hydrogen) atoms. The van der Waals surface area contributed by atoms with Gasteiger partial charge in [0.15, 0.2) is 0 Å². The van der Waals surface area contributed by atoms with Gasteiger partial charge in [0, 0.05) is 44.1 Å². The summed E-state index contributed by atoms with van der Waals surface area (Å²) >= 11 is 0. The second-order valence-electron chi connectivity index (χ2n) is 19.2. The SMILES string of the molecule is CC1(C)c2ccccc2-c2ccc(N(c3ccc4c(c3)C(C)(C)c3ccccc3-4)c3ccc(-c4cccc5c4oc4ccc6ccccc6c45)cc3-c3ccccc3-c3ccccc3)cc21. The van der Waals surface area contributed by atoms with Gasteiger partial charge in [0.1, 0.15) is 11.2 Å². The summed E-state index contributed by atoms with van der Waals surface area (Å²) in [6.07, 6.45) is 0. The molecule has 1 heterocycles. The van der Waals surface area contributed by atoms with E-state index >= 15 is 0 Å². The van der Waals surface area contributed by atoms with Crippen LogP contribution in [0.1, 0.15) is 49.9 Å². The lowest BCUT2D eigenvalue weighted by molar-refractivity contribution is 0.660. The van der Waals surface area contributed by atoms with Gasteiger partial charge in [-0.2, -0.15) is 0 Å². The van der Waals surface area contributed by atoms with E-state index in [1.165, 1.54) is 66.4 Å². The van der Waals surface area contributed by atoms with Crippen molar-refractivity contribution in [2.24, 2.45) is 0 Å². The Morgan fingerprint density at radius 2 is 0.894 bits per heavy atom. The smallest absolute Gasteiger partial charge is 0.143 e. The van der Waals surface area contributed by atoms with Crippen LogP contribution in [0.25, 0.3) is 88.3 Å². The van der Waals surface area contributed by atoms with Crippen molar-refractivity contribution in [1.29, 1.82) is 0 Å². The van der Waals surface area contributed by atoms with Gasteiger partial charge in [-0.15, -0.1) is 0 Å². The highest BCUT2D eigenvalue weighted by atomic mass is 16.3. The number of anilines is 3. The number of benzene rings is 10. The molecule has 0 N–H and O–H groups in total. The van der Waals surface area contributed by atoms with Crippen LogP contribution >= 0.6 is 0 Å². The van der Waals surface area contributed by atoms with Gasteiger partial charge >= 0.3 is 0 Å². The quantitative estimate of drug-likeness (QED) is 0.166. The van der Waals surface area contributed by atoms with Gasteiger partial charge in [0.25, 0.3) is 0 Å². The molecular weight excluding hydrogens is 799 g/mol. The first-order chi connectivity index (χ1) is 32.3. The van der Waals surface area contributed by atoms with E-state index in [0.29, 0.717) is 0 Å². The Morgan fingerprint density at radius 1 is 0.348 bits per heavy atom. The highest BCUT2D eigenvalue weighted by Gasteiger charge is 2.38. The number of para-hydroxylation sites is 1. The average molecular weight is 846 g/mol. The van der Waals surface area contributed by atoms with Crippen molar-refractivity contribution in [2.45, 2.75) is 38.5 Å². The number of furan rings is 1. The predicted octanol–water partition coefficient (Wildman–Crippen LogP) is 17.8. The summed E-state index contributed by atoms with van der Waals surface area (Å²) in [5.41, 5.74) is 22.3. The number of hydrogen-bond acceptors (Lipinski definition) is 2. The molecule has 11 aromatic rings. The molecule has 2 aliphatic rings. The third kappa shape index (κ3) is 5.61. The molecule has 0 radical (unpaired) electrons. The van der Waals surface area contributed by atoms with Crippen molar-refractivity contribution in [3.63, 3.8) is 0 Å². The van der Waals surface area contributed by atoms with E-state index in [2.05, 4.69) is 245 Å². The number of nitrogens with zero attached hydrogens (tertiary/aromatic N) is 1. The van der Waals surface area contributed by atoms with Crippen LogP contribution in [0, 0.1) is 0 Å². The van der Waals surface area contributed by atoms with Crippen molar-refractivity contribution in [2.75, 3.05) is 4.90 Å². The largest absolute Gasteiger partial charge is 0.455 e. The molecule has 0 aliphatic heterocycles. The van der Waals surface area contributed by atoms with Gasteiger partial charge in [-0.1, -0.05) is 198 Å². The van der Waals surface area contributed by atoms with Crippen LogP contribution in [0.5, 0.6) is 0 Å². The van der Waals surface area contributed by atoms with E-state index in [1.807, 2.05) is 0 Å². The molecule has 2 nitrogen and oxygen atoms in total. The first-order valence-corrected chi connectivity index (χ1v) is 23.2. The zero-order valence-corrected chi connectivity index (χ0v) is 37.6. The Hall–Kier alpha value is -7.94. The highest BCUT2D eigenvalue weighted by Crippen LogP contribution is 2.55. The number of fused-ring (bicyclic) bond motifs is 11. The normalized spacial score (nSPS) is 14.0. The molecule has 2 aliphatic carbocycles. The zero-order chi connectivity index (χ0) is 44.3. The van der Waals surface area contributed by atoms with E-state index in [0.717, 1.165) is 61.3 Å². The fourth-order valence-electron chi connectivity index (χ4n) is 11.6. The summed E-state index contributed by atoms with van der Waals surface area (Å²) in [5, 5.41) is 4.70. The van der Waals surface area contributed by atoms with Crippen molar-refractivity contribution in [3.8, 4) is 55.6 Å². The average Bonchev–Trinajstić information content (AvgIpc) is 3.94. The Labute approximate surface area is 386 Å². The topological polar surface area (TPSA) is 16.4 Å². The molecular formula is C64H47NO. The second-order valence-corrected chi connectivity index (χ2v) is 19.2. The Morgan fingerprint density at radius 3 is 1.58 bits per heavy atom. The molecule has 314 valence electrons. The summed E-state index contributed by atoms with van der Waals surface area (Å²) in [4.78, 5) is 2.52. The van der Waals surface area contributed by atoms with E-state index in [1.54, 1.807) is 0 Å². The second kappa shape index (κ2) is 14.3. The van der Waals surface area contributed by atoms with Gasteiger partial charge in [-0.05, 0) is 120 Å². The Bertz CT molecular complexity index is 3670. The maximum Gasteiger partial charge on any atom is 0.143 e. The predicted molar refractivity (Wildman–Crippen MR) is 277 cm³/mol. The first kappa shape index (κ1) is 38.5. The van der Waals surface area contributed by atoms with Crippen molar-refractivity contribution in [3.05, 3.63) is 235 Å². The lowest BCUT2D eigenvalue weighted by Gasteiger charge is -2.31. The van der Waals surface area contributed by atoms with Crippen LogP contribution in [0.4, 0.5) is 17.1 Å². The van der Waals surface area contributed by atoms with Gasteiger partial charge < -0.3 is 9.32 Å². The van der Waals surface area contributed by atoms with Crippen LogP contribution in [0.2, 0.25) is 0 Å². The lowest BCUT2D eigenvalue weighted by Crippen LogP contribution is -2.18. The van der Waals surface area contributed by atoms with Crippen molar-refractivity contribution < 1.29 is 4.42 Å². The fourth-order valence-corrected chi connectivity index (χ4v) is 11.6. The Kier molecular flexibility index (Phi) is 8.33. The summed E-state index contributed by atoms with van der Waals surface area (Å²) in [7, 11) is 0. The van der Waals surface area contributed by atoms with E-state index in [4.69, 9.17) is 4.42 Å². The van der Waals surface area contributed by atoms with Crippen LogP contribution in [0.15, 0.2) is 217 Å². The minimum Gasteiger partial charge on any atom is -0.455 e. The molecule has 0 fully saturated rings. The molecule has 13 rings (SSSR count). The molecule has 0 bridgehead atoms. The molecule has 0 unspecified atom stereocenters.